The Bertz CT molecular complexity index is 907. The van der Waals surface area contributed by atoms with E-state index in [1.165, 1.54) is 26.0 Å². The molecule has 1 heterocycles. The summed E-state index contributed by atoms with van der Waals surface area (Å²) in [4.78, 5) is 10.7. The van der Waals surface area contributed by atoms with Gasteiger partial charge in [-0.05, 0) is 68.0 Å². The van der Waals surface area contributed by atoms with E-state index in [0.717, 1.165) is 19.4 Å². The van der Waals surface area contributed by atoms with Gasteiger partial charge in [-0.1, -0.05) is 30.3 Å². The number of piperidine rings is 1. The fourth-order valence-electron chi connectivity index (χ4n) is 3.83. The van der Waals surface area contributed by atoms with E-state index in [1.807, 2.05) is 6.07 Å². The van der Waals surface area contributed by atoms with Crippen molar-refractivity contribution >= 4 is 5.91 Å². The first-order valence-corrected chi connectivity index (χ1v) is 11.2. The molecule has 2 aromatic carbocycles. The number of carbonyl (C=O) groups excluding carboxylic acids is 1. The van der Waals surface area contributed by atoms with Crippen molar-refractivity contribution in [3.63, 3.8) is 0 Å². The summed E-state index contributed by atoms with van der Waals surface area (Å²) in [5.74, 6) is 0.414. The molecule has 1 aliphatic rings. The van der Waals surface area contributed by atoms with Crippen LogP contribution in [0.5, 0.6) is 0 Å². The smallest absolute Gasteiger partial charge is 0.377 e. The number of alkyl halides is 6. The van der Waals surface area contributed by atoms with Crippen LogP contribution in [0, 0.1) is 5.92 Å². The van der Waals surface area contributed by atoms with Crippen LogP contribution in [0.3, 0.4) is 0 Å². The van der Waals surface area contributed by atoms with E-state index < -0.39 is 29.6 Å². The van der Waals surface area contributed by atoms with Gasteiger partial charge in [0, 0.05) is 19.6 Å². The molecular weight excluding hydrogens is 474 g/mol. The van der Waals surface area contributed by atoms with Crippen LogP contribution in [0.15, 0.2) is 48.5 Å². The first-order valence-electron chi connectivity index (χ1n) is 11.2. The summed E-state index contributed by atoms with van der Waals surface area (Å²) in [5, 5.41) is 3.56. The van der Waals surface area contributed by atoms with Crippen molar-refractivity contribution in [2.24, 2.45) is 11.7 Å². The molecule has 1 fully saturated rings. The van der Waals surface area contributed by atoms with Gasteiger partial charge in [0.05, 0.1) is 17.2 Å². The molecule has 0 bridgehead atoms. The molecule has 2 aromatic rings. The number of methoxy groups -OCH3 is 1. The van der Waals surface area contributed by atoms with Crippen LogP contribution in [0.25, 0.3) is 0 Å². The first kappa shape index (κ1) is 28.6. The fourth-order valence-corrected chi connectivity index (χ4v) is 3.83. The minimum Gasteiger partial charge on any atom is -0.377 e. The molecule has 0 aliphatic carbocycles. The van der Waals surface area contributed by atoms with Crippen LogP contribution in [0.4, 0.5) is 26.3 Å². The van der Waals surface area contributed by atoms with Gasteiger partial charge in [-0.2, -0.15) is 26.3 Å². The van der Waals surface area contributed by atoms with Gasteiger partial charge < -0.3 is 15.8 Å². The lowest BCUT2D eigenvalue weighted by molar-refractivity contribution is -0.143. The number of benzene rings is 2. The molecule has 1 saturated heterocycles. The zero-order valence-corrected chi connectivity index (χ0v) is 19.5. The molecule has 3 unspecified atom stereocenters. The lowest BCUT2D eigenvalue weighted by Gasteiger charge is -2.30. The fraction of sp³-hybridized carbons (Fsp3) is 0.480. The van der Waals surface area contributed by atoms with Gasteiger partial charge in [-0.15, -0.1) is 0 Å². The number of amides is 1. The summed E-state index contributed by atoms with van der Waals surface area (Å²) in [7, 11) is 1.21. The Hall–Kier alpha value is -2.59. The summed E-state index contributed by atoms with van der Waals surface area (Å²) >= 11 is 0. The summed E-state index contributed by atoms with van der Waals surface area (Å²) < 4.78 is 79.7. The van der Waals surface area contributed by atoms with Crippen LogP contribution in [-0.4, -0.2) is 19.6 Å². The maximum atomic E-state index is 12.5. The van der Waals surface area contributed by atoms with Gasteiger partial charge in [0.25, 0.3) is 0 Å². The maximum absolute atomic E-state index is 12.5. The molecule has 4 nitrogen and oxygen atoms in total. The maximum Gasteiger partial charge on any atom is 0.416 e. The minimum atomic E-state index is -4.83. The molecule has 0 saturated carbocycles. The summed E-state index contributed by atoms with van der Waals surface area (Å²) in [6.45, 7) is 2.36. The Morgan fingerprint density at radius 3 is 2.03 bits per heavy atom. The van der Waals surface area contributed by atoms with Crippen LogP contribution in [0.2, 0.25) is 0 Å². The number of nitrogens with two attached hydrogens (primary N) is 1. The van der Waals surface area contributed by atoms with E-state index in [2.05, 4.69) is 29.6 Å². The van der Waals surface area contributed by atoms with Crippen molar-refractivity contribution in [3.8, 4) is 0 Å². The standard InChI is InChI=1S/C14H20N2O.C11H10F6O/c15-14(17)9-7-11-6-8-13(16-10-11)12-4-2-1-3-5-12;1-6(18-2)7-3-8(10(12,13)14)5-9(4-7)11(15,16)17/h1-5,11,13,16H,6-10H2,(H2,15,17);3-6H,1-2H3. The SMILES string of the molecule is COC(C)c1cc(C(F)(F)F)cc(C(F)(F)F)c1.NC(=O)CCC1CCC(c2ccccc2)NC1. The third kappa shape index (κ3) is 9.18. The molecule has 1 amide bonds. The second-order valence-electron chi connectivity index (χ2n) is 8.54. The highest BCUT2D eigenvalue weighted by Gasteiger charge is 2.37. The van der Waals surface area contributed by atoms with E-state index in [9.17, 15) is 31.1 Å². The van der Waals surface area contributed by atoms with Crippen LogP contribution >= 0.6 is 0 Å². The van der Waals surface area contributed by atoms with Crippen molar-refractivity contribution in [1.29, 1.82) is 0 Å². The second-order valence-corrected chi connectivity index (χ2v) is 8.54. The zero-order chi connectivity index (χ0) is 26.2. The third-order valence-electron chi connectivity index (χ3n) is 5.95. The van der Waals surface area contributed by atoms with E-state index >= 15 is 0 Å². The molecule has 3 N–H and O–H groups in total. The Kier molecular flexibility index (Phi) is 10.1. The van der Waals surface area contributed by atoms with Crippen molar-refractivity contribution in [1.82, 2.24) is 5.32 Å². The monoisotopic (exact) mass is 504 g/mol. The van der Waals surface area contributed by atoms with Gasteiger partial charge >= 0.3 is 12.4 Å². The normalized spacial score (nSPS) is 19.4. The predicted octanol–water partition coefficient (Wildman–Crippen LogP) is 6.42. The summed E-state index contributed by atoms with van der Waals surface area (Å²) in [6.07, 6.45) is -6.75. The summed E-state index contributed by atoms with van der Waals surface area (Å²) in [5.41, 5.74) is 3.69. The van der Waals surface area contributed by atoms with Gasteiger partial charge in [-0.25, -0.2) is 0 Å². The van der Waals surface area contributed by atoms with Gasteiger partial charge in [0.2, 0.25) is 5.91 Å². The Morgan fingerprint density at radius 1 is 1.03 bits per heavy atom. The molecule has 35 heavy (non-hydrogen) atoms. The Morgan fingerprint density at radius 2 is 1.60 bits per heavy atom. The molecule has 0 spiro atoms. The van der Waals surface area contributed by atoms with E-state index in [4.69, 9.17) is 10.5 Å². The molecule has 194 valence electrons. The number of primary amides is 1. The second kappa shape index (κ2) is 12.4. The van der Waals surface area contributed by atoms with E-state index in [-0.39, 0.29) is 17.5 Å². The average molecular weight is 505 g/mol. The van der Waals surface area contributed by atoms with Crippen molar-refractivity contribution < 1.29 is 35.9 Å². The van der Waals surface area contributed by atoms with Crippen LogP contribution in [-0.2, 0) is 21.9 Å². The number of nitrogens with one attached hydrogen (secondary N) is 1. The van der Waals surface area contributed by atoms with Crippen molar-refractivity contribution in [3.05, 3.63) is 70.8 Å². The largest absolute Gasteiger partial charge is 0.416 e. The van der Waals surface area contributed by atoms with Gasteiger partial charge in [0.1, 0.15) is 0 Å². The van der Waals surface area contributed by atoms with Crippen LogP contribution in [0.1, 0.15) is 67.0 Å². The molecule has 1 aliphatic heterocycles. The van der Waals surface area contributed by atoms with E-state index in [1.54, 1.807) is 0 Å². The number of hydrogen-bond donors (Lipinski definition) is 2. The molecule has 0 radical (unpaired) electrons. The molecular formula is C25H30F6N2O2. The van der Waals surface area contributed by atoms with Gasteiger partial charge in [0.15, 0.2) is 0 Å². The van der Waals surface area contributed by atoms with E-state index in [0.29, 0.717) is 30.5 Å². The molecule has 0 aromatic heterocycles. The highest BCUT2D eigenvalue weighted by atomic mass is 19.4. The summed E-state index contributed by atoms with van der Waals surface area (Å²) in [6, 6.07) is 12.4. The highest BCUT2D eigenvalue weighted by Crippen LogP contribution is 2.37. The quantitative estimate of drug-likeness (QED) is 0.446. The number of halogens is 6. The third-order valence-corrected chi connectivity index (χ3v) is 5.95. The van der Waals surface area contributed by atoms with Crippen molar-refractivity contribution in [2.45, 2.75) is 57.1 Å². The van der Waals surface area contributed by atoms with Gasteiger partial charge in [-0.3, -0.25) is 4.79 Å². The number of rotatable bonds is 6. The Labute approximate surface area is 200 Å². The minimum absolute atomic E-state index is 0.0892. The van der Waals surface area contributed by atoms with Crippen LogP contribution < -0.4 is 11.1 Å². The Balaban J connectivity index is 0.000000247. The lowest BCUT2D eigenvalue weighted by atomic mass is 9.88. The lowest BCUT2D eigenvalue weighted by Crippen LogP contribution is -2.33. The molecule has 3 atom stereocenters. The average Bonchev–Trinajstić information content (AvgIpc) is 2.82. The van der Waals surface area contributed by atoms with Crippen molar-refractivity contribution in [2.75, 3.05) is 13.7 Å². The molecule has 10 heteroatoms. The highest BCUT2D eigenvalue weighted by molar-refractivity contribution is 5.73. The topological polar surface area (TPSA) is 64.3 Å². The number of ether oxygens (including phenoxy) is 1. The molecule has 3 rings (SSSR count). The zero-order valence-electron chi connectivity index (χ0n) is 19.5. The first-order chi connectivity index (χ1) is 16.3. The number of carbonyl (C=O) groups is 1. The number of hydrogen-bond acceptors (Lipinski definition) is 3. The predicted molar refractivity (Wildman–Crippen MR) is 120 cm³/mol.